The highest BCUT2D eigenvalue weighted by Gasteiger charge is 2.14. The number of rotatable bonds is 3. The first-order valence-corrected chi connectivity index (χ1v) is 4.57. The number of carbonyl (C=O) groups is 1. The lowest BCUT2D eigenvalue weighted by Crippen LogP contribution is -2.09. The molecular weight excluding hydrogens is 180 g/mol. The number of hydrogen-bond acceptors (Lipinski definition) is 3. The topological polar surface area (TPSA) is 63.1 Å². The van der Waals surface area contributed by atoms with Crippen molar-refractivity contribution >= 4 is 5.97 Å². The van der Waals surface area contributed by atoms with Crippen LogP contribution < -0.4 is 0 Å². The van der Waals surface area contributed by atoms with Gasteiger partial charge in [0.25, 0.3) is 0 Å². The molecule has 1 atom stereocenters. The van der Waals surface area contributed by atoms with Gasteiger partial charge in [0.05, 0.1) is 5.92 Å². The number of aliphatic carboxylic acids is 1. The molecule has 0 aliphatic carbocycles. The molecule has 1 rings (SSSR count). The Morgan fingerprint density at radius 3 is 2.14 bits per heavy atom. The molecule has 14 heavy (non-hydrogen) atoms. The van der Waals surface area contributed by atoms with E-state index in [4.69, 9.17) is 5.11 Å². The molecule has 0 radical (unpaired) electrons. The number of nitrogens with zero attached hydrogens (tertiary/aromatic N) is 2. The Morgan fingerprint density at radius 2 is 1.79 bits per heavy atom. The lowest BCUT2D eigenvalue weighted by Gasteiger charge is -2.07. The van der Waals surface area contributed by atoms with Crippen LogP contribution in [0.1, 0.15) is 44.0 Å². The maximum atomic E-state index is 10.7. The van der Waals surface area contributed by atoms with Gasteiger partial charge in [-0.3, -0.25) is 4.79 Å². The van der Waals surface area contributed by atoms with Crippen molar-refractivity contribution in [3.05, 3.63) is 23.8 Å². The zero-order valence-corrected chi connectivity index (χ0v) is 8.56. The number of carboxylic acid groups (broad SMARTS) is 1. The van der Waals surface area contributed by atoms with Crippen molar-refractivity contribution in [1.29, 1.82) is 0 Å². The maximum Gasteiger partial charge on any atom is 0.310 e. The summed E-state index contributed by atoms with van der Waals surface area (Å²) in [5.41, 5.74) is 0.641. The monoisotopic (exact) mass is 194 g/mol. The largest absolute Gasteiger partial charge is 0.481 e. The molecule has 0 fully saturated rings. The van der Waals surface area contributed by atoms with Crippen LogP contribution >= 0.6 is 0 Å². The van der Waals surface area contributed by atoms with Crippen LogP contribution in [0, 0.1) is 0 Å². The quantitative estimate of drug-likeness (QED) is 0.796. The van der Waals surface area contributed by atoms with Gasteiger partial charge in [0, 0.05) is 23.9 Å². The predicted octanol–water partition coefficient (Wildman–Crippen LogP) is 1.79. The zero-order valence-electron chi connectivity index (χ0n) is 8.56. The summed E-state index contributed by atoms with van der Waals surface area (Å²) in [4.78, 5) is 18.9. The lowest BCUT2D eigenvalue weighted by molar-refractivity contribution is -0.138. The second kappa shape index (κ2) is 4.17. The minimum Gasteiger partial charge on any atom is -0.481 e. The molecule has 4 nitrogen and oxygen atoms in total. The van der Waals surface area contributed by atoms with E-state index in [1.54, 1.807) is 19.3 Å². The van der Waals surface area contributed by atoms with Crippen molar-refractivity contribution in [1.82, 2.24) is 9.97 Å². The van der Waals surface area contributed by atoms with E-state index in [1.807, 2.05) is 13.8 Å². The summed E-state index contributed by atoms with van der Waals surface area (Å²) in [7, 11) is 0. The summed E-state index contributed by atoms with van der Waals surface area (Å²) in [5.74, 6) is -0.391. The van der Waals surface area contributed by atoms with E-state index < -0.39 is 11.9 Å². The molecule has 1 unspecified atom stereocenters. The summed E-state index contributed by atoms with van der Waals surface area (Å²) < 4.78 is 0. The third-order valence-corrected chi connectivity index (χ3v) is 2.08. The molecule has 0 spiro atoms. The van der Waals surface area contributed by atoms with E-state index in [2.05, 4.69) is 9.97 Å². The number of aromatic nitrogens is 2. The first kappa shape index (κ1) is 10.6. The number of carboxylic acids is 1. The summed E-state index contributed by atoms with van der Waals surface area (Å²) >= 11 is 0. The summed E-state index contributed by atoms with van der Waals surface area (Å²) in [5, 5.41) is 8.76. The molecule has 1 N–H and O–H groups in total. The Morgan fingerprint density at radius 1 is 1.29 bits per heavy atom. The van der Waals surface area contributed by atoms with Gasteiger partial charge in [-0.2, -0.15) is 0 Å². The van der Waals surface area contributed by atoms with E-state index in [0.29, 0.717) is 5.56 Å². The number of hydrogen-bond donors (Lipinski definition) is 1. The molecule has 0 aliphatic heterocycles. The van der Waals surface area contributed by atoms with Crippen molar-refractivity contribution in [3.63, 3.8) is 0 Å². The van der Waals surface area contributed by atoms with Crippen LogP contribution in [0.2, 0.25) is 0 Å². The smallest absolute Gasteiger partial charge is 0.310 e. The van der Waals surface area contributed by atoms with Gasteiger partial charge in [0.2, 0.25) is 0 Å². The summed E-state index contributed by atoms with van der Waals surface area (Å²) in [6.45, 7) is 5.61. The van der Waals surface area contributed by atoms with Crippen LogP contribution in [-0.2, 0) is 4.79 Å². The van der Waals surface area contributed by atoms with Gasteiger partial charge in [0.15, 0.2) is 0 Å². The van der Waals surface area contributed by atoms with Crippen LogP contribution in [0.25, 0.3) is 0 Å². The molecule has 0 aromatic carbocycles. The molecule has 1 aromatic rings. The molecule has 76 valence electrons. The zero-order chi connectivity index (χ0) is 10.7. The lowest BCUT2D eigenvalue weighted by atomic mass is 10.1. The van der Waals surface area contributed by atoms with Crippen molar-refractivity contribution in [3.8, 4) is 0 Å². The molecule has 0 bridgehead atoms. The Labute approximate surface area is 83.0 Å². The average molecular weight is 194 g/mol. The second-order valence-electron chi connectivity index (χ2n) is 3.59. The molecule has 0 aliphatic rings. The molecule has 0 saturated heterocycles. The highest BCUT2D eigenvalue weighted by molar-refractivity contribution is 5.75. The van der Waals surface area contributed by atoms with E-state index in [-0.39, 0.29) is 5.92 Å². The minimum atomic E-state index is -0.856. The highest BCUT2D eigenvalue weighted by Crippen LogP contribution is 2.15. The van der Waals surface area contributed by atoms with Gasteiger partial charge >= 0.3 is 5.97 Å². The first-order chi connectivity index (χ1) is 6.52. The highest BCUT2D eigenvalue weighted by atomic mass is 16.4. The van der Waals surface area contributed by atoms with E-state index in [9.17, 15) is 4.79 Å². The van der Waals surface area contributed by atoms with Crippen LogP contribution in [0.5, 0.6) is 0 Å². The normalized spacial score (nSPS) is 12.9. The van der Waals surface area contributed by atoms with Gasteiger partial charge < -0.3 is 5.11 Å². The van der Waals surface area contributed by atoms with E-state index >= 15 is 0 Å². The maximum absolute atomic E-state index is 10.7. The van der Waals surface area contributed by atoms with Crippen molar-refractivity contribution in [2.24, 2.45) is 0 Å². The van der Waals surface area contributed by atoms with Crippen molar-refractivity contribution in [2.75, 3.05) is 0 Å². The summed E-state index contributed by atoms with van der Waals surface area (Å²) in [6.07, 6.45) is 3.17. The fourth-order valence-corrected chi connectivity index (χ4v) is 1.01. The molecule has 1 heterocycles. The van der Waals surface area contributed by atoms with Crippen molar-refractivity contribution in [2.45, 2.75) is 32.6 Å². The molecular formula is C10H14N2O2. The van der Waals surface area contributed by atoms with Crippen LogP contribution in [0.3, 0.4) is 0 Å². The third-order valence-electron chi connectivity index (χ3n) is 2.08. The van der Waals surface area contributed by atoms with Gasteiger partial charge in [-0.25, -0.2) is 9.97 Å². The average Bonchev–Trinajstić information content (AvgIpc) is 2.16. The van der Waals surface area contributed by atoms with Crippen LogP contribution in [0.4, 0.5) is 0 Å². The summed E-state index contributed by atoms with van der Waals surface area (Å²) in [6, 6.07) is 0. The molecule has 4 heteroatoms. The fourth-order valence-electron chi connectivity index (χ4n) is 1.01. The van der Waals surface area contributed by atoms with E-state index in [0.717, 1.165) is 5.82 Å². The molecule has 1 aromatic heterocycles. The van der Waals surface area contributed by atoms with E-state index in [1.165, 1.54) is 0 Å². The Balaban J connectivity index is 2.88. The Kier molecular flexibility index (Phi) is 3.17. The fraction of sp³-hybridized carbons (Fsp3) is 0.500. The molecule has 0 amide bonds. The van der Waals surface area contributed by atoms with Crippen molar-refractivity contribution < 1.29 is 9.90 Å². The Hall–Kier alpha value is -1.45. The predicted molar refractivity (Wildman–Crippen MR) is 52.2 cm³/mol. The van der Waals surface area contributed by atoms with Crippen LogP contribution in [0.15, 0.2) is 12.4 Å². The minimum absolute atomic E-state index is 0.268. The standard InChI is InChI=1S/C10H14N2O2/c1-6(2)9-11-4-8(5-12-9)7(3)10(13)14/h4-7H,1-3H3,(H,13,14). The van der Waals surface area contributed by atoms with Gasteiger partial charge in [-0.05, 0) is 6.92 Å². The third kappa shape index (κ3) is 2.28. The van der Waals surface area contributed by atoms with Gasteiger partial charge in [0.1, 0.15) is 5.82 Å². The molecule has 0 saturated carbocycles. The SMILES string of the molecule is CC(C)c1ncc(C(C)C(=O)O)cn1. The Bertz CT molecular complexity index is 319. The second-order valence-corrected chi connectivity index (χ2v) is 3.59. The first-order valence-electron chi connectivity index (χ1n) is 4.57. The van der Waals surface area contributed by atoms with Gasteiger partial charge in [-0.15, -0.1) is 0 Å². The van der Waals surface area contributed by atoms with Crippen LogP contribution in [-0.4, -0.2) is 21.0 Å². The van der Waals surface area contributed by atoms with Gasteiger partial charge in [-0.1, -0.05) is 13.8 Å².